The maximum Gasteiger partial charge on any atom is 0.203 e. The van der Waals surface area contributed by atoms with Crippen LogP contribution >= 0.6 is 0 Å². The molecule has 0 aliphatic heterocycles. The Balaban J connectivity index is 1.69. The highest BCUT2D eigenvalue weighted by Gasteiger charge is 2.30. The van der Waals surface area contributed by atoms with Gasteiger partial charge in [-0.05, 0) is 37.5 Å². The molecular weight excluding hydrogens is 246 g/mol. The van der Waals surface area contributed by atoms with Crippen molar-refractivity contribution in [3.8, 4) is 0 Å². The highest BCUT2D eigenvalue weighted by Crippen LogP contribution is 2.41. The van der Waals surface area contributed by atoms with Crippen molar-refractivity contribution >= 4 is 5.95 Å². The van der Waals surface area contributed by atoms with E-state index in [1.807, 2.05) is 6.20 Å². The van der Waals surface area contributed by atoms with Crippen LogP contribution in [0.2, 0.25) is 0 Å². The fraction of sp³-hybridized carbons (Fsp3) is 0.824. The van der Waals surface area contributed by atoms with Crippen molar-refractivity contribution in [2.24, 2.45) is 5.41 Å². The predicted molar refractivity (Wildman–Crippen MR) is 84.0 cm³/mol. The number of aromatic nitrogens is 2. The molecule has 1 atom stereocenters. The standard InChI is InChI=1S/C17H29N3/c1-17(2)10-6-9-15(13-17)20-12-11-18-16(20)19-14-7-4-3-5-8-14/h11-12,14-15H,3-10,13H2,1-2H3,(H,18,19). The molecule has 0 bridgehead atoms. The summed E-state index contributed by atoms with van der Waals surface area (Å²) in [4.78, 5) is 4.59. The molecular formula is C17H29N3. The third-order valence-electron chi connectivity index (χ3n) is 5.18. The zero-order valence-electron chi connectivity index (χ0n) is 13.1. The molecule has 0 spiro atoms. The Morgan fingerprint density at radius 1 is 1.15 bits per heavy atom. The quantitative estimate of drug-likeness (QED) is 0.861. The van der Waals surface area contributed by atoms with E-state index in [1.165, 1.54) is 57.8 Å². The van der Waals surface area contributed by atoms with Crippen LogP contribution in [0.5, 0.6) is 0 Å². The molecule has 2 fully saturated rings. The molecule has 0 amide bonds. The zero-order chi connectivity index (χ0) is 14.0. The molecule has 1 unspecified atom stereocenters. The minimum absolute atomic E-state index is 0.481. The fourth-order valence-electron chi connectivity index (χ4n) is 4.04. The lowest BCUT2D eigenvalue weighted by atomic mass is 9.75. The number of rotatable bonds is 3. The Morgan fingerprint density at radius 2 is 1.95 bits per heavy atom. The molecule has 1 aromatic heterocycles. The molecule has 20 heavy (non-hydrogen) atoms. The summed E-state index contributed by atoms with van der Waals surface area (Å²) in [6, 6.07) is 1.27. The summed E-state index contributed by atoms with van der Waals surface area (Å²) in [5.74, 6) is 1.11. The second kappa shape index (κ2) is 5.79. The van der Waals surface area contributed by atoms with Crippen molar-refractivity contribution in [2.45, 2.75) is 83.7 Å². The van der Waals surface area contributed by atoms with Gasteiger partial charge in [0.2, 0.25) is 5.95 Å². The van der Waals surface area contributed by atoms with Gasteiger partial charge in [0.05, 0.1) is 0 Å². The van der Waals surface area contributed by atoms with Crippen LogP contribution in [0, 0.1) is 5.41 Å². The number of nitrogens with zero attached hydrogens (tertiary/aromatic N) is 2. The van der Waals surface area contributed by atoms with Crippen molar-refractivity contribution in [2.75, 3.05) is 5.32 Å². The molecule has 2 aliphatic carbocycles. The van der Waals surface area contributed by atoms with E-state index >= 15 is 0 Å². The summed E-state index contributed by atoms with van der Waals surface area (Å²) >= 11 is 0. The second-order valence-electron chi connectivity index (χ2n) is 7.55. The third kappa shape index (κ3) is 3.18. The lowest BCUT2D eigenvalue weighted by molar-refractivity contribution is 0.184. The minimum atomic E-state index is 0.481. The van der Waals surface area contributed by atoms with Crippen LogP contribution < -0.4 is 5.32 Å². The average molecular weight is 275 g/mol. The first-order valence-corrected chi connectivity index (χ1v) is 8.43. The van der Waals surface area contributed by atoms with Crippen LogP contribution in [0.15, 0.2) is 12.4 Å². The van der Waals surface area contributed by atoms with Crippen LogP contribution in [-0.2, 0) is 0 Å². The van der Waals surface area contributed by atoms with Gasteiger partial charge in [0, 0.05) is 24.5 Å². The van der Waals surface area contributed by atoms with E-state index in [4.69, 9.17) is 0 Å². The Morgan fingerprint density at radius 3 is 2.70 bits per heavy atom. The van der Waals surface area contributed by atoms with E-state index < -0.39 is 0 Å². The van der Waals surface area contributed by atoms with E-state index in [1.54, 1.807) is 0 Å². The molecule has 112 valence electrons. The third-order valence-corrected chi connectivity index (χ3v) is 5.18. The van der Waals surface area contributed by atoms with Gasteiger partial charge in [0.1, 0.15) is 0 Å². The monoisotopic (exact) mass is 275 g/mol. The van der Waals surface area contributed by atoms with Gasteiger partial charge in [-0.3, -0.25) is 0 Å². The van der Waals surface area contributed by atoms with Gasteiger partial charge in [-0.2, -0.15) is 0 Å². The number of hydrogen-bond acceptors (Lipinski definition) is 2. The number of hydrogen-bond donors (Lipinski definition) is 1. The Labute approximate surface area is 123 Å². The van der Waals surface area contributed by atoms with Crippen LogP contribution in [0.25, 0.3) is 0 Å². The first kappa shape index (κ1) is 14.0. The normalized spacial score (nSPS) is 27.4. The predicted octanol–water partition coefficient (Wildman–Crippen LogP) is 4.77. The SMILES string of the molecule is CC1(C)CCCC(n2ccnc2NC2CCCCC2)C1. The summed E-state index contributed by atoms with van der Waals surface area (Å²) in [6.45, 7) is 4.81. The largest absolute Gasteiger partial charge is 0.353 e. The van der Waals surface area contributed by atoms with Crippen molar-refractivity contribution in [1.29, 1.82) is 0 Å². The average Bonchev–Trinajstić information content (AvgIpc) is 2.87. The van der Waals surface area contributed by atoms with Gasteiger partial charge in [0.15, 0.2) is 0 Å². The molecule has 1 heterocycles. The number of nitrogens with one attached hydrogen (secondary N) is 1. The van der Waals surface area contributed by atoms with Crippen molar-refractivity contribution in [3.05, 3.63) is 12.4 Å². The second-order valence-corrected chi connectivity index (χ2v) is 7.55. The summed E-state index contributed by atoms with van der Waals surface area (Å²) in [5, 5.41) is 3.71. The summed E-state index contributed by atoms with van der Waals surface area (Å²) in [6.07, 6.45) is 16.2. The Kier molecular flexibility index (Phi) is 4.04. The van der Waals surface area contributed by atoms with Crippen molar-refractivity contribution < 1.29 is 0 Å². The summed E-state index contributed by atoms with van der Waals surface area (Å²) in [5.41, 5.74) is 0.481. The van der Waals surface area contributed by atoms with E-state index in [2.05, 4.69) is 34.9 Å². The van der Waals surface area contributed by atoms with E-state index in [-0.39, 0.29) is 0 Å². The van der Waals surface area contributed by atoms with Gasteiger partial charge in [-0.15, -0.1) is 0 Å². The molecule has 2 saturated carbocycles. The van der Waals surface area contributed by atoms with Gasteiger partial charge in [0.25, 0.3) is 0 Å². The van der Waals surface area contributed by atoms with Gasteiger partial charge >= 0.3 is 0 Å². The first-order chi connectivity index (χ1) is 9.64. The van der Waals surface area contributed by atoms with E-state index in [0.717, 1.165) is 5.95 Å². The molecule has 2 aliphatic rings. The minimum Gasteiger partial charge on any atom is -0.353 e. The van der Waals surface area contributed by atoms with E-state index in [9.17, 15) is 0 Å². The highest BCUT2D eigenvalue weighted by molar-refractivity contribution is 5.28. The highest BCUT2D eigenvalue weighted by atomic mass is 15.2. The van der Waals surface area contributed by atoms with Crippen molar-refractivity contribution in [1.82, 2.24) is 9.55 Å². The summed E-state index contributed by atoms with van der Waals surface area (Å²) < 4.78 is 2.41. The molecule has 1 aromatic rings. The van der Waals surface area contributed by atoms with Crippen LogP contribution in [0.4, 0.5) is 5.95 Å². The maximum atomic E-state index is 4.59. The molecule has 0 saturated heterocycles. The van der Waals surface area contributed by atoms with E-state index in [0.29, 0.717) is 17.5 Å². The molecule has 3 nitrogen and oxygen atoms in total. The lowest BCUT2D eigenvalue weighted by Crippen LogP contribution is -2.28. The topological polar surface area (TPSA) is 29.9 Å². The molecule has 3 heteroatoms. The number of imidazole rings is 1. The van der Waals surface area contributed by atoms with Crippen LogP contribution in [0.3, 0.4) is 0 Å². The van der Waals surface area contributed by atoms with Gasteiger partial charge < -0.3 is 9.88 Å². The first-order valence-electron chi connectivity index (χ1n) is 8.43. The van der Waals surface area contributed by atoms with Crippen LogP contribution in [0.1, 0.15) is 77.7 Å². The zero-order valence-corrected chi connectivity index (χ0v) is 13.1. The Hall–Kier alpha value is -0.990. The molecule has 0 radical (unpaired) electrons. The van der Waals surface area contributed by atoms with Crippen LogP contribution in [-0.4, -0.2) is 15.6 Å². The smallest absolute Gasteiger partial charge is 0.203 e. The molecule has 0 aromatic carbocycles. The van der Waals surface area contributed by atoms with Gasteiger partial charge in [-0.1, -0.05) is 39.5 Å². The summed E-state index contributed by atoms with van der Waals surface area (Å²) in [7, 11) is 0. The van der Waals surface area contributed by atoms with Gasteiger partial charge in [-0.25, -0.2) is 4.98 Å². The maximum absolute atomic E-state index is 4.59. The molecule has 3 rings (SSSR count). The Bertz CT molecular complexity index is 429. The number of anilines is 1. The lowest BCUT2D eigenvalue weighted by Gasteiger charge is -2.36. The van der Waals surface area contributed by atoms with Crippen molar-refractivity contribution in [3.63, 3.8) is 0 Å². The molecule has 1 N–H and O–H groups in total. The fourth-order valence-corrected chi connectivity index (χ4v) is 4.04.